The highest BCUT2D eigenvalue weighted by Gasteiger charge is 2.11. The number of carbonyl (C=O) groups is 1. The van der Waals surface area contributed by atoms with E-state index in [1.54, 1.807) is 30.3 Å². The Kier molecular flexibility index (Phi) is 4.58. The van der Waals surface area contributed by atoms with Gasteiger partial charge < -0.3 is 9.84 Å². The van der Waals surface area contributed by atoms with Gasteiger partial charge in [0, 0.05) is 11.1 Å². The molecule has 0 atom stereocenters. The van der Waals surface area contributed by atoms with E-state index < -0.39 is 11.8 Å². The summed E-state index contributed by atoms with van der Waals surface area (Å²) in [5.74, 6) is -0.993. The van der Waals surface area contributed by atoms with Crippen LogP contribution in [0.2, 0.25) is 5.02 Å². The van der Waals surface area contributed by atoms with Crippen molar-refractivity contribution in [1.82, 2.24) is 0 Å². The highest BCUT2D eigenvalue weighted by Crippen LogP contribution is 2.24. The number of ether oxygens (including phenoxy) is 1. The Bertz CT molecular complexity index is 608. The molecule has 104 valence electrons. The molecule has 0 saturated heterocycles. The maximum absolute atomic E-state index is 13.6. The van der Waals surface area contributed by atoms with Gasteiger partial charge >= 0.3 is 5.97 Å². The zero-order chi connectivity index (χ0) is 14.5. The Morgan fingerprint density at radius 2 is 1.95 bits per heavy atom. The lowest BCUT2D eigenvalue weighted by atomic mass is 10.1. The third kappa shape index (κ3) is 3.48. The van der Waals surface area contributed by atoms with E-state index >= 15 is 0 Å². The van der Waals surface area contributed by atoms with Gasteiger partial charge in [-0.1, -0.05) is 35.9 Å². The van der Waals surface area contributed by atoms with E-state index in [0.717, 1.165) is 0 Å². The number of hydrogen-bond acceptors (Lipinski definition) is 2. The zero-order valence-corrected chi connectivity index (χ0v) is 11.2. The Labute approximate surface area is 120 Å². The molecular formula is C15H12ClFO3. The molecule has 0 radical (unpaired) electrons. The van der Waals surface area contributed by atoms with Crippen LogP contribution in [0.4, 0.5) is 4.39 Å². The van der Waals surface area contributed by atoms with Crippen LogP contribution in [0.3, 0.4) is 0 Å². The highest BCUT2D eigenvalue weighted by molar-refractivity contribution is 6.31. The first-order chi connectivity index (χ1) is 9.58. The second kappa shape index (κ2) is 6.39. The molecule has 2 aromatic rings. The molecule has 2 aromatic carbocycles. The maximum atomic E-state index is 13.6. The topological polar surface area (TPSA) is 46.5 Å². The highest BCUT2D eigenvalue weighted by atomic mass is 35.5. The zero-order valence-electron chi connectivity index (χ0n) is 10.5. The van der Waals surface area contributed by atoms with E-state index in [-0.39, 0.29) is 23.6 Å². The van der Waals surface area contributed by atoms with Gasteiger partial charge in [0.25, 0.3) is 0 Å². The lowest BCUT2D eigenvalue weighted by Crippen LogP contribution is -2.05. The Hall–Kier alpha value is -2.07. The fourth-order valence-electron chi connectivity index (χ4n) is 1.77. The van der Waals surface area contributed by atoms with E-state index in [4.69, 9.17) is 21.4 Å². The number of halogens is 2. The van der Waals surface area contributed by atoms with Gasteiger partial charge in [0.15, 0.2) is 0 Å². The molecule has 0 aliphatic heterocycles. The average Bonchev–Trinajstić information content (AvgIpc) is 2.39. The van der Waals surface area contributed by atoms with Crippen molar-refractivity contribution < 1.29 is 19.0 Å². The van der Waals surface area contributed by atoms with Gasteiger partial charge in [0.1, 0.15) is 18.2 Å². The van der Waals surface area contributed by atoms with Crippen LogP contribution < -0.4 is 4.74 Å². The van der Waals surface area contributed by atoms with E-state index in [9.17, 15) is 9.18 Å². The molecule has 5 heteroatoms. The van der Waals surface area contributed by atoms with Crippen LogP contribution >= 0.6 is 11.6 Å². The van der Waals surface area contributed by atoms with Crippen LogP contribution in [0.25, 0.3) is 0 Å². The number of carboxylic acid groups (broad SMARTS) is 1. The second-order valence-electron chi connectivity index (χ2n) is 4.17. The van der Waals surface area contributed by atoms with Crippen molar-refractivity contribution in [3.63, 3.8) is 0 Å². The minimum absolute atomic E-state index is 0.0534. The van der Waals surface area contributed by atoms with Crippen LogP contribution in [-0.4, -0.2) is 11.1 Å². The first-order valence-electron chi connectivity index (χ1n) is 5.93. The monoisotopic (exact) mass is 294 g/mol. The summed E-state index contributed by atoms with van der Waals surface area (Å²) >= 11 is 5.91. The van der Waals surface area contributed by atoms with Gasteiger partial charge in [-0.05, 0) is 18.2 Å². The molecule has 0 amide bonds. The summed E-state index contributed by atoms with van der Waals surface area (Å²) in [5.41, 5.74) is 0.784. The van der Waals surface area contributed by atoms with Crippen molar-refractivity contribution in [2.75, 3.05) is 0 Å². The van der Waals surface area contributed by atoms with E-state index in [1.165, 1.54) is 12.1 Å². The average molecular weight is 295 g/mol. The fraction of sp³-hybridized carbons (Fsp3) is 0.133. The summed E-state index contributed by atoms with van der Waals surface area (Å²) in [6, 6.07) is 11.1. The molecule has 2 rings (SSSR count). The normalized spacial score (nSPS) is 10.3. The molecule has 0 saturated carbocycles. The second-order valence-corrected chi connectivity index (χ2v) is 4.57. The number of aliphatic carboxylic acids is 1. The molecule has 0 spiro atoms. The Morgan fingerprint density at radius 3 is 2.65 bits per heavy atom. The third-order valence-corrected chi connectivity index (χ3v) is 3.10. The van der Waals surface area contributed by atoms with E-state index in [0.29, 0.717) is 11.3 Å². The Morgan fingerprint density at radius 1 is 1.20 bits per heavy atom. The van der Waals surface area contributed by atoms with E-state index in [1.807, 2.05) is 0 Å². The van der Waals surface area contributed by atoms with Crippen molar-refractivity contribution >= 4 is 17.6 Å². The van der Waals surface area contributed by atoms with Gasteiger partial charge in [0.2, 0.25) is 0 Å². The molecule has 0 aromatic heterocycles. The Balaban J connectivity index is 2.17. The third-order valence-electron chi connectivity index (χ3n) is 2.75. The molecule has 0 bridgehead atoms. The predicted octanol–water partition coefficient (Wildman–Crippen LogP) is 3.69. The predicted molar refractivity (Wildman–Crippen MR) is 73.5 cm³/mol. The van der Waals surface area contributed by atoms with Crippen molar-refractivity contribution in [2.45, 2.75) is 13.0 Å². The summed E-state index contributed by atoms with van der Waals surface area (Å²) < 4.78 is 19.1. The van der Waals surface area contributed by atoms with Crippen LogP contribution in [0.1, 0.15) is 11.1 Å². The summed E-state index contributed by atoms with van der Waals surface area (Å²) in [6.07, 6.45) is -0.152. The fourth-order valence-corrected chi connectivity index (χ4v) is 1.99. The summed E-state index contributed by atoms with van der Waals surface area (Å²) in [6.45, 7) is -0.0534. The molecule has 0 aliphatic carbocycles. The molecule has 0 unspecified atom stereocenters. The number of benzene rings is 2. The number of rotatable bonds is 5. The van der Waals surface area contributed by atoms with Gasteiger partial charge in [-0.3, -0.25) is 4.79 Å². The van der Waals surface area contributed by atoms with Crippen molar-refractivity contribution in [1.29, 1.82) is 0 Å². The van der Waals surface area contributed by atoms with Crippen molar-refractivity contribution in [3.8, 4) is 5.75 Å². The molecule has 20 heavy (non-hydrogen) atoms. The first kappa shape index (κ1) is 14.3. The summed E-state index contributed by atoms with van der Waals surface area (Å²) in [5, 5.41) is 9.11. The largest absolute Gasteiger partial charge is 0.488 e. The molecule has 1 N–H and O–H groups in total. The SMILES string of the molecule is O=C(O)Cc1ccccc1OCc1c(F)cccc1Cl. The van der Waals surface area contributed by atoms with E-state index in [2.05, 4.69) is 0 Å². The lowest BCUT2D eigenvalue weighted by Gasteiger charge is -2.11. The number of para-hydroxylation sites is 1. The van der Waals surface area contributed by atoms with Crippen molar-refractivity contribution in [2.24, 2.45) is 0 Å². The molecule has 3 nitrogen and oxygen atoms in total. The molecule has 0 heterocycles. The van der Waals surface area contributed by atoms with Gasteiger partial charge in [-0.25, -0.2) is 4.39 Å². The van der Waals surface area contributed by atoms with Crippen LogP contribution in [0.5, 0.6) is 5.75 Å². The van der Waals surface area contributed by atoms with Gasteiger partial charge in [0.05, 0.1) is 11.4 Å². The summed E-state index contributed by atoms with van der Waals surface area (Å²) in [4.78, 5) is 10.8. The minimum atomic E-state index is -0.954. The van der Waals surface area contributed by atoms with Gasteiger partial charge in [-0.2, -0.15) is 0 Å². The number of hydrogen-bond donors (Lipinski definition) is 1. The quantitative estimate of drug-likeness (QED) is 0.915. The molecule has 0 fully saturated rings. The van der Waals surface area contributed by atoms with Crippen LogP contribution in [0, 0.1) is 5.82 Å². The lowest BCUT2D eigenvalue weighted by molar-refractivity contribution is -0.136. The molecule has 0 aliphatic rings. The summed E-state index contributed by atoms with van der Waals surface area (Å²) in [7, 11) is 0. The smallest absolute Gasteiger partial charge is 0.307 e. The standard InChI is InChI=1S/C15H12ClFO3/c16-12-5-3-6-13(17)11(12)9-20-14-7-2-1-4-10(14)8-15(18)19/h1-7H,8-9H2,(H,18,19). The minimum Gasteiger partial charge on any atom is -0.488 e. The molecular weight excluding hydrogens is 283 g/mol. The maximum Gasteiger partial charge on any atom is 0.307 e. The van der Waals surface area contributed by atoms with Gasteiger partial charge in [-0.15, -0.1) is 0 Å². The van der Waals surface area contributed by atoms with Crippen molar-refractivity contribution in [3.05, 3.63) is 64.4 Å². The van der Waals surface area contributed by atoms with Crippen LogP contribution in [-0.2, 0) is 17.8 Å². The first-order valence-corrected chi connectivity index (χ1v) is 6.31. The number of carboxylic acids is 1. The van der Waals surface area contributed by atoms with Crippen LogP contribution in [0.15, 0.2) is 42.5 Å².